The second-order valence-corrected chi connectivity index (χ2v) is 7.48. The van der Waals surface area contributed by atoms with Crippen LogP contribution in [0.15, 0.2) is 33.7 Å². The summed E-state index contributed by atoms with van der Waals surface area (Å²) in [5.74, 6) is 0.820. The van der Waals surface area contributed by atoms with Crippen LogP contribution in [0.5, 0.6) is 0 Å². The maximum atomic E-state index is 10.9. The van der Waals surface area contributed by atoms with Crippen LogP contribution >= 0.6 is 39.9 Å². The lowest BCUT2D eigenvalue weighted by atomic mass is 10.0. The molecule has 1 saturated heterocycles. The van der Waals surface area contributed by atoms with Crippen LogP contribution in [0.2, 0.25) is 0 Å². The highest BCUT2D eigenvalue weighted by atomic mass is 127. The van der Waals surface area contributed by atoms with Crippen LogP contribution in [0, 0.1) is 0 Å². The minimum atomic E-state index is -0.0173. The van der Waals surface area contributed by atoms with Crippen LogP contribution in [0.25, 0.3) is 0 Å². The quantitative estimate of drug-likeness (QED) is 0.211. The van der Waals surface area contributed by atoms with E-state index in [1.807, 2.05) is 0 Å². The molecule has 1 amide bonds. The van der Waals surface area contributed by atoms with Gasteiger partial charge in [-0.25, -0.2) is 0 Å². The summed E-state index contributed by atoms with van der Waals surface area (Å²) in [4.78, 5) is 17.9. The fourth-order valence-corrected chi connectivity index (χ4v) is 3.26. The number of piperidine rings is 1. The number of likely N-dealkylation sites (tertiary alicyclic amines) is 1. The molecule has 0 atom stereocenters. The van der Waals surface area contributed by atoms with Crippen molar-refractivity contribution >= 4 is 51.8 Å². The highest BCUT2D eigenvalue weighted by molar-refractivity contribution is 14.0. The van der Waals surface area contributed by atoms with Crippen LogP contribution in [0.3, 0.4) is 0 Å². The number of halogens is 2. The number of amides is 1. The molecule has 0 aliphatic carbocycles. The Morgan fingerprint density at radius 2 is 1.89 bits per heavy atom. The summed E-state index contributed by atoms with van der Waals surface area (Å²) >= 11 is 3.48. The molecular formula is C19H31BrIN5O. The van der Waals surface area contributed by atoms with Gasteiger partial charge in [0.15, 0.2) is 5.96 Å². The number of hydrogen-bond donors (Lipinski definition) is 3. The molecule has 6 nitrogen and oxygen atoms in total. The Kier molecular flexibility index (Phi) is 11.9. The average molecular weight is 552 g/mol. The molecule has 2 rings (SSSR count). The third-order valence-electron chi connectivity index (χ3n) is 4.35. The first-order valence-corrected chi connectivity index (χ1v) is 10.1. The molecule has 27 heavy (non-hydrogen) atoms. The molecule has 1 aliphatic heterocycles. The summed E-state index contributed by atoms with van der Waals surface area (Å²) < 4.78 is 1.12. The summed E-state index contributed by atoms with van der Waals surface area (Å²) in [5, 5.41) is 9.58. The predicted molar refractivity (Wildman–Crippen MR) is 126 cm³/mol. The molecule has 0 saturated carbocycles. The molecule has 0 unspecified atom stereocenters. The van der Waals surface area contributed by atoms with Gasteiger partial charge in [0.2, 0.25) is 5.91 Å². The molecule has 0 aromatic heterocycles. The number of nitrogens with one attached hydrogen (secondary N) is 3. The van der Waals surface area contributed by atoms with Crippen LogP contribution in [-0.2, 0) is 11.3 Å². The van der Waals surface area contributed by atoms with Crippen LogP contribution in [0.1, 0.15) is 32.3 Å². The van der Waals surface area contributed by atoms with E-state index in [4.69, 9.17) is 0 Å². The summed E-state index contributed by atoms with van der Waals surface area (Å²) in [7, 11) is 0. The van der Waals surface area contributed by atoms with Crippen molar-refractivity contribution in [1.82, 2.24) is 20.9 Å². The number of hydrogen-bond acceptors (Lipinski definition) is 3. The Morgan fingerprint density at radius 3 is 2.48 bits per heavy atom. The molecule has 1 aromatic rings. The summed E-state index contributed by atoms with van der Waals surface area (Å²) in [6.07, 6.45) is 2.21. The normalized spacial score (nSPS) is 15.7. The van der Waals surface area contributed by atoms with Crippen LogP contribution in [0.4, 0.5) is 0 Å². The third-order valence-corrected chi connectivity index (χ3v) is 4.88. The van der Waals surface area contributed by atoms with E-state index in [0.717, 1.165) is 49.5 Å². The molecule has 8 heteroatoms. The van der Waals surface area contributed by atoms with E-state index in [1.54, 1.807) is 0 Å². The number of aliphatic imine (C=N–C) groups is 1. The van der Waals surface area contributed by atoms with Gasteiger partial charge in [-0.15, -0.1) is 24.0 Å². The van der Waals surface area contributed by atoms with Crippen molar-refractivity contribution in [3.05, 3.63) is 34.3 Å². The predicted octanol–water partition coefficient (Wildman–Crippen LogP) is 2.72. The second kappa shape index (κ2) is 13.3. The molecule has 152 valence electrons. The number of carbonyl (C=O) groups is 1. The number of benzene rings is 1. The monoisotopic (exact) mass is 551 g/mol. The minimum absolute atomic E-state index is 0. The highest BCUT2D eigenvalue weighted by Crippen LogP contribution is 2.16. The summed E-state index contributed by atoms with van der Waals surface area (Å²) in [6.45, 7) is 8.73. The molecule has 1 aliphatic rings. The van der Waals surface area contributed by atoms with Crippen LogP contribution in [-0.4, -0.2) is 55.5 Å². The van der Waals surface area contributed by atoms with Crippen molar-refractivity contribution < 1.29 is 4.79 Å². The van der Waals surface area contributed by atoms with E-state index in [2.05, 4.69) is 73.0 Å². The molecule has 0 spiro atoms. The second-order valence-electron chi connectivity index (χ2n) is 6.56. The molecule has 1 heterocycles. The van der Waals surface area contributed by atoms with E-state index < -0.39 is 0 Å². The first-order chi connectivity index (χ1) is 12.6. The lowest BCUT2D eigenvalue weighted by molar-refractivity contribution is -0.118. The van der Waals surface area contributed by atoms with Crippen molar-refractivity contribution in [2.75, 3.05) is 32.7 Å². The van der Waals surface area contributed by atoms with Gasteiger partial charge in [-0.3, -0.25) is 14.7 Å². The van der Waals surface area contributed by atoms with Gasteiger partial charge >= 0.3 is 0 Å². The van der Waals surface area contributed by atoms with Gasteiger partial charge < -0.3 is 16.0 Å². The maximum absolute atomic E-state index is 10.9. The van der Waals surface area contributed by atoms with E-state index in [-0.39, 0.29) is 29.9 Å². The zero-order valence-corrected chi connectivity index (χ0v) is 20.0. The molecular weight excluding hydrogens is 521 g/mol. The lowest BCUT2D eigenvalue weighted by Crippen LogP contribution is -2.48. The largest absolute Gasteiger partial charge is 0.357 e. The highest BCUT2D eigenvalue weighted by Gasteiger charge is 2.20. The van der Waals surface area contributed by atoms with E-state index in [1.165, 1.54) is 12.5 Å². The van der Waals surface area contributed by atoms with Crippen LogP contribution < -0.4 is 16.0 Å². The number of carbonyl (C=O) groups excluding carboxylic acids is 1. The topological polar surface area (TPSA) is 68.8 Å². The Hall–Kier alpha value is -0.870. The minimum Gasteiger partial charge on any atom is -0.357 e. The van der Waals surface area contributed by atoms with Gasteiger partial charge in [0.25, 0.3) is 0 Å². The van der Waals surface area contributed by atoms with Crippen molar-refractivity contribution in [2.45, 2.75) is 39.3 Å². The Labute approximate surface area is 188 Å². The van der Waals surface area contributed by atoms with E-state index in [0.29, 0.717) is 19.1 Å². The summed E-state index contributed by atoms with van der Waals surface area (Å²) in [6, 6.07) is 9.00. The average Bonchev–Trinajstić information content (AvgIpc) is 2.62. The van der Waals surface area contributed by atoms with Crippen molar-refractivity contribution in [3.63, 3.8) is 0 Å². The molecule has 1 fully saturated rings. The number of guanidine groups is 1. The molecule has 3 N–H and O–H groups in total. The van der Waals surface area contributed by atoms with Crippen molar-refractivity contribution in [3.8, 4) is 0 Å². The zero-order chi connectivity index (χ0) is 18.8. The Morgan fingerprint density at radius 1 is 1.22 bits per heavy atom. The SMILES string of the molecule is CCNC(=NCCNC(C)=O)NC1CCN(Cc2ccc(Br)cc2)CC1.I. The zero-order valence-electron chi connectivity index (χ0n) is 16.1. The molecule has 0 radical (unpaired) electrons. The lowest BCUT2D eigenvalue weighted by Gasteiger charge is -2.33. The van der Waals surface area contributed by atoms with Crippen molar-refractivity contribution in [1.29, 1.82) is 0 Å². The van der Waals surface area contributed by atoms with Gasteiger partial charge in [0.05, 0.1) is 6.54 Å². The first-order valence-electron chi connectivity index (χ1n) is 9.33. The summed E-state index contributed by atoms with van der Waals surface area (Å²) in [5.41, 5.74) is 1.35. The van der Waals surface area contributed by atoms with Gasteiger partial charge in [0.1, 0.15) is 0 Å². The van der Waals surface area contributed by atoms with Gasteiger partial charge in [-0.1, -0.05) is 28.1 Å². The third kappa shape index (κ3) is 9.75. The van der Waals surface area contributed by atoms with E-state index in [9.17, 15) is 4.79 Å². The number of nitrogens with zero attached hydrogens (tertiary/aromatic N) is 2. The fraction of sp³-hybridized carbons (Fsp3) is 0.579. The maximum Gasteiger partial charge on any atom is 0.216 e. The standard InChI is InChI=1S/C19H30BrN5O.HI/c1-3-21-19(23-11-10-22-15(2)26)24-18-8-12-25(13-9-18)14-16-4-6-17(20)7-5-16;/h4-7,18H,3,8-14H2,1-2H3,(H,22,26)(H2,21,23,24);1H. The fourth-order valence-electron chi connectivity index (χ4n) is 3.00. The Bertz CT molecular complexity index is 588. The Balaban J connectivity index is 0.00000364. The van der Waals surface area contributed by atoms with Crippen molar-refractivity contribution in [2.24, 2.45) is 4.99 Å². The smallest absolute Gasteiger partial charge is 0.216 e. The first kappa shape index (κ1) is 24.2. The van der Waals surface area contributed by atoms with Gasteiger partial charge in [-0.2, -0.15) is 0 Å². The van der Waals surface area contributed by atoms with Gasteiger partial charge in [-0.05, 0) is 37.5 Å². The molecule has 1 aromatic carbocycles. The number of rotatable bonds is 7. The van der Waals surface area contributed by atoms with Gasteiger partial charge in [0, 0.05) is 50.2 Å². The molecule has 0 bridgehead atoms. The van der Waals surface area contributed by atoms with E-state index >= 15 is 0 Å².